The summed E-state index contributed by atoms with van der Waals surface area (Å²) < 4.78 is 0. The zero-order valence-electron chi connectivity index (χ0n) is 18.6. The highest BCUT2D eigenvalue weighted by Crippen LogP contribution is 2.40. The van der Waals surface area contributed by atoms with Gasteiger partial charge in [0.05, 0.1) is 6.04 Å². The van der Waals surface area contributed by atoms with Crippen molar-refractivity contribution in [2.24, 2.45) is 11.8 Å². The van der Waals surface area contributed by atoms with Gasteiger partial charge in [-0.3, -0.25) is 9.69 Å². The molecule has 4 nitrogen and oxygen atoms in total. The van der Waals surface area contributed by atoms with E-state index >= 15 is 0 Å². The van der Waals surface area contributed by atoms with Gasteiger partial charge in [-0.25, -0.2) is 0 Å². The third kappa shape index (κ3) is 5.11. The molecule has 0 bridgehead atoms. The third-order valence-electron chi connectivity index (χ3n) is 6.36. The molecule has 2 atom stereocenters. The van der Waals surface area contributed by atoms with E-state index in [0.717, 1.165) is 39.1 Å². The molecule has 0 spiro atoms. The van der Waals surface area contributed by atoms with Gasteiger partial charge in [-0.15, -0.1) is 0 Å². The normalized spacial score (nSPS) is 22.3. The van der Waals surface area contributed by atoms with Crippen LogP contribution in [0.5, 0.6) is 0 Å². The second-order valence-electron chi connectivity index (χ2n) is 9.82. The maximum Gasteiger partial charge on any atom is 0.226 e. The Kier molecular flexibility index (Phi) is 6.26. The van der Waals surface area contributed by atoms with Crippen molar-refractivity contribution in [1.82, 2.24) is 15.1 Å². The monoisotopic (exact) mass is 405 g/mol. The summed E-state index contributed by atoms with van der Waals surface area (Å²) in [5.74, 6) is 1.10. The first-order chi connectivity index (χ1) is 14.4. The van der Waals surface area contributed by atoms with Crippen LogP contribution in [0.2, 0.25) is 0 Å². The lowest BCUT2D eigenvalue weighted by atomic mass is 9.96. The van der Waals surface area contributed by atoms with Crippen molar-refractivity contribution in [1.29, 1.82) is 0 Å². The molecule has 2 aliphatic rings. The quantitative estimate of drug-likeness (QED) is 0.791. The average molecular weight is 406 g/mol. The van der Waals surface area contributed by atoms with Gasteiger partial charge in [0.15, 0.2) is 0 Å². The molecule has 4 heteroatoms. The Morgan fingerprint density at radius 1 is 0.933 bits per heavy atom. The van der Waals surface area contributed by atoms with Crippen molar-refractivity contribution in [3.05, 3.63) is 71.8 Å². The van der Waals surface area contributed by atoms with E-state index in [-0.39, 0.29) is 17.5 Å². The van der Waals surface area contributed by atoms with Gasteiger partial charge < -0.3 is 10.2 Å². The lowest BCUT2D eigenvalue weighted by Gasteiger charge is -2.40. The van der Waals surface area contributed by atoms with Gasteiger partial charge in [0.1, 0.15) is 0 Å². The summed E-state index contributed by atoms with van der Waals surface area (Å²) in [6.45, 7) is 11.0. The van der Waals surface area contributed by atoms with Crippen LogP contribution in [-0.2, 0) is 4.79 Å². The summed E-state index contributed by atoms with van der Waals surface area (Å²) in [5, 5.41) is 3.55. The van der Waals surface area contributed by atoms with Crippen LogP contribution in [0.1, 0.15) is 44.4 Å². The summed E-state index contributed by atoms with van der Waals surface area (Å²) in [6.07, 6.45) is 1.04. The van der Waals surface area contributed by atoms with Crippen molar-refractivity contribution in [3.63, 3.8) is 0 Å². The van der Waals surface area contributed by atoms with Gasteiger partial charge in [-0.1, -0.05) is 60.7 Å². The summed E-state index contributed by atoms with van der Waals surface area (Å²) in [6, 6.07) is 21.7. The number of nitrogens with one attached hydrogen (secondary N) is 1. The van der Waals surface area contributed by atoms with Crippen molar-refractivity contribution in [3.8, 4) is 0 Å². The maximum atomic E-state index is 13.0. The molecule has 30 heavy (non-hydrogen) atoms. The Hall–Kier alpha value is -2.17. The fourth-order valence-corrected chi connectivity index (χ4v) is 4.53. The van der Waals surface area contributed by atoms with Crippen LogP contribution < -0.4 is 5.32 Å². The second kappa shape index (κ2) is 8.91. The molecule has 1 aliphatic carbocycles. The van der Waals surface area contributed by atoms with E-state index in [1.54, 1.807) is 0 Å². The summed E-state index contributed by atoms with van der Waals surface area (Å²) in [5.41, 5.74) is 2.75. The highest BCUT2D eigenvalue weighted by atomic mass is 16.2. The predicted octanol–water partition coefficient (Wildman–Crippen LogP) is 3.94. The molecule has 1 aliphatic heterocycles. The number of amides is 1. The first-order valence-corrected chi connectivity index (χ1v) is 11.3. The Balaban J connectivity index is 1.37. The Morgan fingerprint density at radius 3 is 1.97 bits per heavy atom. The summed E-state index contributed by atoms with van der Waals surface area (Å²) >= 11 is 0. The number of hydrogen-bond acceptors (Lipinski definition) is 3. The van der Waals surface area contributed by atoms with Crippen LogP contribution in [0, 0.1) is 11.8 Å². The summed E-state index contributed by atoms with van der Waals surface area (Å²) in [4.78, 5) is 17.6. The largest absolute Gasteiger partial charge is 0.340 e. The minimum atomic E-state index is 0.117. The van der Waals surface area contributed by atoms with Crippen LogP contribution in [-0.4, -0.2) is 54.0 Å². The van der Waals surface area contributed by atoms with E-state index in [1.165, 1.54) is 11.1 Å². The lowest BCUT2D eigenvalue weighted by molar-refractivity contribution is -0.134. The van der Waals surface area contributed by atoms with Crippen LogP contribution in [0.3, 0.4) is 0 Å². The van der Waals surface area contributed by atoms with Crippen LogP contribution >= 0.6 is 0 Å². The van der Waals surface area contributed by atoms with E-state index < -0.39 is 0 Å². The van der Waals surface area contributed by atoms with Gasteiger partial charge >= 0.3 is 0 Å². The molecule has 2 aromatic rings. The van der Waals surface area contributed by atoms with Gasteiger partial charge in [0.25, 0.3) is 0 Å². The molecule has 2 unspecified atom stereocenters. The predicted molar refractivity (Wildman–Crippen MR) is 122 cm³/mol. The van der Waals surface area contributed by atoms with Gasteiger partial charge in [0.2, 0.25) is 5.91 Å². The zero-order chi connectivity index (χ0) is 21.1. The number of hydrogen-bond donors (Lipinski definition) is 1. The summed E-state index contributed by atoms with van der Waals surface area (Å²) in [7, 11) is 0. The van der Waals surface area contributed by atoms with Crippen LogP contribution in [0.25, 0.3) is 0 Å². The third-order valence-corrected chi connectivity index (χ3v) is 6.36. The first-order valence-electron chi connectivity index (χ1n) is 11.3. The van der Waals surface area contributed by atoms with E-state index in [1.807, 2.05) is 0 Å². The maximum absolute atomic E-state index is 13.0. The second-order valence-corrected chi connectivity index (χ2v) is 9.82. The number of carbonyl (C=O) groups excluding carboxylic acids is 1. The van der Waals surface area contributed by atoms with Gasteiger partial charge in [0, 0.05) is 37.6 Å². The molecule has 2 fully saturated rings. The number of rotatable bonds is 6. The van der Waals surface area contributed by atoms with E-state index in [9.17, 15) is 4.79 Å². The standard InChI is InChI=1S/C26H35N3O/c1-26(2,3)27-19-22-18-23(22)25(30)29-16-14-28(15-17-29)24(20-10-6-4-7-11-20)21-12-8-5-9-13-21/h4-13,22-24,27H,14-19H2,1-3H3. The van der Waals surface area contributed by atoms with E-state index in [2.05, 4.69) is 96.6 Å². The SMILES string of the molecule is CC(C)(C)NCC1CC1C(=O)N1CCN(C(c2ccccc2)c2ccccc2)CC1. The number of nitrogens with zero attached hydrogens (tertiary/aromatic N) is 2. The van der Waals surface area contributed by atoms with Crippen molar-refractivity contribution in [2.75, 3.05) is 32.7 Å². The van der Waals surface area contributed by atoms with Crippen LogP contribution in [0.15, 0.2) is 60.7 Å². The molecule has 2 aromatic carbocycles. The van der Waals surface area contributed by atoms with Crippen LogP contribution in [0.4, 0.5) is 0 Å². The lowest BCUT2D eigenvalue weighted by Crippen LogP contribution is -2.50. The minimum Gasteiger partial charge on any atom is -0.340 e. The molecular formula is C26H35N3O. The topological polar surface area (TPSA) is 35.6 Å². The molecule has 1 amide bonds. The van der Waals surface area contributed by atoms with E-state index in [4.69, 9.17) is 0 Å². The van der Waals surface area contributed by atoms with Crippen molar-refractivity contribution < 1.29 is 4.79 Å². The smallest absolute Gasteiger partial charge is 0.226 e. The Morgan fingerprint density at radius 2 is 1.47 bits per heavy atom. The Bertz CT molecular complexity index is 783. The fourth-order valence-electron chi connectivity index (χ4n) is 4.53. The van der Waals surface area contributed by atoms with Gasteiger partial charge in [-0.2, -0.15) is 0 Å². The molecule has 1 saturated carbocycles. The highest BCUT2D eigenvalue weighted by molar-refractivity contribution is 5.81. The molecule has 0 radical (unpaired) electrons. The Labute approximate surface area is 181 Å². The fraction of sp³-hybridized carbons (Fsp3) is 0.500. The molecule has 4 rings (SSSR count). The van der Waals surface area contributed by atoms with E-state index in [0.29, 0.717) is 11.8 Å². The molecule has 0 aromatic heterocycles. The molecule has 1 heterocycles. The van der Waals surface area contributed by atoms with Crippen molar-refractivity contribution >= 4 is 5.91 Å². The molecule has 1 N–H and O–H groups in total. The van der Waals surface area contributed by atoms with Crippen molar-refractivity contribution in [2.45, 2.75) is 38.8 Å². The molecule has 160 valence electrons. The molecular weight excluding hydrogens is 370 g/mol. The number of benzene rings is 2. The zero-order valence-corrected chi connectivity index (χ0v) is 18.6. The minimum absolute atomic E-state index is 0.117. The number of carbonyl (C=O) groups is 1. The first kappa shape index (κ1) is 21.1. The number of piperazine rings is 1. The average Bonchev–Trinajstić information content (AvgIpc) is 3.53. The molecule has 1 saturated heterocycles. The van der Waals surface area contributed by atoms with Gasteiger partial charge in [-0.05, 0) is 50.8 Å². The highest BCUT2D eigenvalue weighted by Gasteiger charge is 2.45.